The maximum Gasteiger partial charge on any atom is 0.343 e. The molecule has 0 atom stereocenters. The highest BCUT2D eigenvalue weighted by Gasteiger charge is 2.21. The van der Waals surface area contributed by atoms with Gasteiger partial charge in [0.25, 0.3) is 5.56 Å². The van der Waals surface area contributed by atoms with Crippen molar-refractivity contribution in [3.63, 3.8) is 0 Å². The molecule has 0 aliphatic rings. The zero-order valence-electron chi connectivity index (χ0n) is 15.5. The van der Waals surface area contributed by atoms with Gasteiger partial charge in [0.1, 0.15) is 5.56 Å². The minimum Gasteiger partial charge on any atom is -0.465 e. The van der Waals surface area contributed by atoms with Gasteiger partial charge in [-0.2, -0.15) is 5.10 Å². The van der Waals surface area contributed by atoms with Gasteiger partial charge in [-0.3, -0.25) is 9.36 Å². The van der Waals surface area contributed by atoms with Crippen molar-refractivity contribution in [1.82, 2.24) is 19.2 Å². The van der Waals surface area contributed by atoms with Gasteiger partial charge >= 0.3 is 5.97 Å². The highest BCUT2D eigenvalue weighted by atomic mass is 16.5. The number of nitrogens with zero attached hydrogens (tertiary/aromatic N) is 4. The monoisotopic (exact) mass is 362 g/mol. The van der Waals surface area contributed by atoms with Gasteiger partial charge < -0.3 is 4.74 Å². The SMILES string of the molecule is COC(=O)c1c(C)nn2c1ncc1c(=O)n(-c3cc(C)ccc3C)ccc12. The molecular weight excluding hydrogens is 344 g/mol. The van der Waals surface area contributed by atoms with Gasteiger partial charge in [0, 0.05) is 12.4 Å². The number of aryl methyl sites for hydroxylation is 3. The first kappa shape index (κ1) is 17.0. The first-order chi connectivity index (χ1) is 12.9. The van der Waals surface area contributed by atoms with Crippen molar-refractivity contribution in [2.24, 2.45) is 0 Å². The minimum absolute atomic E-state index is 0.191. The molecule has 0 amide bonds. The van der Waals surface area contributed by atoms with E-state index in [2.05, 4.69) is 10.1 Å². The van der Waals surface area contributed by atoms with Crippen molar-refractivity contribution in [1.29, 1.82) is 0 Å². The van der Waals surface area contributed by atoms with Crippen molar-refractivity contribution < 1.29 is 9.53 Å². The van der Waals surface area contributed by atoms with Crippen LogP contribution >= 0.6 is 0 Å². The highest BCUT2D eigenvalue weighted by Crippen LogP contribution is 2.20. The number of aromatic nitrogens is 4. The van der Waals surface area contributed by atoms with E-state index >= 15 is 0 Å². The maximum atomic E-state index is 13.1. The van der Waals surface area contributed by atoms with E-state index in [1.54, 1.807) is 23.8 Å². The van der Waals surface area contributed by atoms with Gasteiger partial charge in [-0.25, -0.2) is 14.3 Å². The number of benzene rings is 1. The lowest BCUT2D eigenvalue weighted by atomic mass is 10.1. The van der Waals surface area contributed by atoms with Crippen LogP contribution in [0.2, 0.25) is 0 Å². The van der Waals surface area contributed by atoms with E-state index in [1.807, 2.05) is 32.0 Å². The number of fused-ring (bicyclic) bond motifs is 3. The molecule has 0 bridgehead atoms. The molecule has 0 aliphatic heterocycles. The Bertz CT molecular complexity index is 1280. The fourth-order valence-electron chi connectivity index (χ4n) is 3.29. The lowest BCUT2D eigenvalue weighted by Gasteiger charge is -2.11. The number of ether oxygens (including phenoxy) is 1. The summed E-state index contributed by atoms with van der Waals surface area (Å²) in [6.07, 6.45) is 3.21. The first-order valence-corrected chi connectivity index (χ1v) is 8.48. The van der Waals surface area contributed by atoms with E-state index in [1.165, 1.54) is 17.8 Å². The molecular formula is C20H18N4O3. The third-order valence-corrected chi connectivity index (χ3v) is 4.70. The molecule has 3 aromatic heterocycles. The van der Waals surface area contributed by atoms with E-state index in [9.17, 15) is 9.59 Å². The fourth-order valence-corrected chi connectivity index (χ4v) is 3.29. The van der Waals surface area contributed by atoms with Crippen LogP contribution < -0.4 is 5.56 Å². The van der Waals surface area contributed by atoms with Gasteiger partial charge in [0.2, 0.25) is 0 Å². The molecule has 0 spiro atoms. The molecule has 0 unspecified atom stereocenters. The summed E-state index contributed by atoms with van der Waals surface area (Å²) in [5.74, 6) is -0.502. The van der Waals surface area contributed by atoms with Gasteiger partial charge in [0.15, 0.2) is 5.65 Å². The number of pyridine rings is 1. The summed E-state index contributed by atoms with van der Waals surface area (Å²) >= 11 is 0. The summed E-state index contributed by atoms with van der Waals surface area (Å²) < 4.78 is 7.95. The summed E-state index contributed by atoms with van der Waals surface area (Å²) in [5, 5.41) is 4.81. The van der Waals surface area contributed by atoms with E-state index in [-0.39, 0.29) is 5.56 Å². The number of esters is 1. The third kappa shape index (κ3) is 2.51. The minimum atomic E-state index is -0.502. The number of methoxy groups -OCH3 is 1. The van der Waals surface area contributed by atoms with Crippen LogP contribution in [0.1, 0.15) is 27.2 Å². The average molecular weight is 362 g/mol. The Labute approximate surface area is 154 Å². The second-order valence-electron chi connectivity index (χ2n) is 6.53. The van der Waals surface area contributed by atoms with Crippen LogP contribution in [-0.2, 0) is 4.74 Å². The van der Waals surface area contributed by atoms with E-state index in [0.717, 1.165) is 16.8 Å². The molecule has 0 radical (unpaired) electrons. The van der Waals surface area contributed by atoms with Crippen LogP contribution in [-0.4, -0.2) is 32.2 Å². The molecule has 136 valence electrons. The molecule has 7 nitrogen and oxygen atoms in total. The second kappa shape index (κ2) is 6.05. The Morgan fingerprint density at radius 1 is 1.15 bits per heavy atom. The quantitative estimate of drug-likeness (QED) is 0.512. The van der Waals surface area contributed by atoms with Crippen molar-refractivity contribution in [2.75, 3.05) is 7.11 Å². The predicted molar refractivity (Wildman–Crippen MR) is 102 cm³/mol. The van der Waals surface area contributed by atoms with Gasteiger partial charge in [0.05, 0.1) is 29.4 Å². The molecule has 4 aromatic rings. The largest absolute Gasteiger partial charge is 0.465 e. The summed E-state index contributed by atoms with van der Waals surface area (Å²) in [7, 11) is 1.31. The van der Waals surface area contributed by atoms with Crippen LogP contribution in [0.4, 0.5) is 0 Å². The number of rotatable bonds is 2. The van der Waals surface area contributed by atoms with E-state index in [0.29, 0.717) is 27.8 Å². The zero-order valence-corrected chi connectivity index (χ0v) is 15.5. The Morgan fingerprint density at radius 3 is 2.67 bits per heavy atom. The van der Waals surface area contributed by atoms with Crippen molar-refractivity contribution in [3.8, 4) is 5.69 Å². The molecule has 0 N–H and O–H groups in total. The van der Waals surface area contributed by atoms with Crippen molar-refractivity contribution >= 4 is 22.5 Å². The van der Waals surface area contributed by atoms with Gasteiger partial charge in [-0.15, -0.1) is 0 Å². The summed E-state index contributed by atoms with van der Waals surface area (Å²) in [5.41, 5.74) is 4.47. The lowest BCUT2D eigenvalue weighted by Crippen LogP contribution is -2.19. The molecule has 0 saturated heterocycles. The second-order valence-corrected chi connectivity index (χ2v) is 6.53. The molecule has 0 saturated carbocycles. The smallest absolute Gasteiger partial charge is 0.343 e. The Morgan fingerprint density at radius 2 is 1.93 bits per heavy atom. The molecule has 27 heavy (non-hydrogen) atoms. The van der Waals surface area contributed by atoms with Crippen LogP contribution in [0, 0.1) is 20.8 Å². The number of hydrogen-bond acceptors (Lipinski definition) is 5. The molecule has 1 aromatic carbocycles. The van der Waals surface area contributed by atoms with Crippen molar-refractivity contribution in [3.05, 3.63) is 69.4 Å². The number of carbonyl (C=O) groups excluding carboxylic acids is 1. The van der Waals surface area contributed by atoms with Gasteiger partial charge in [-0.1, -0.05) is 12.1 Å². The highest BCUT2D eigenvalue weighted by molar-refractivity contribution is 5.98. The third-order valence-electron chi connectivity index (χ3n) is 4.70. The first-order valence-electron chi connectivity index (χ1n) is 8.48. The molecule has 0 aliphatic carbocycles. The topological polar surface area (TPSA) is 78.5 Å². The van der Waals surface area contributed by atoms with E-state index < -0.39 is 5.97 Å². The van der Waals surface area contributed by atoms with Gasteiger partial charge in [-0.05, 0) is 44.0 Å². The lowest BCUT2D eigenvalue weighted by molar-refractivity contribution is 0.0602. The summed E-state index contributed by atoms with van der Waals surface area (Å²) in [6, 6.07) is 7.78. The van der Waals surface area contributed by atoms with Crippen LogP contribution in [0.5, 0.6) is 0 Å². The van der Waals surface area contributed by atoms with Crippen LogP contribution in [0.15, 0.2) is 41.5 Å². The maximum absolute atomic E-state index is 13.1. The molecule has 7 heteroatoms. The fraction of sp³-hybridized carbons (Fsp3) is 0.200. The Kier molecular flexibility index (Phi) is 3.80. The summed E-state index contributed by atoms with van der Waals surface area (Å²) in [6.45, 7) is 5.66. The average Bonchev–Trinajstić information content (AvgIpc) is 3.00. The van der Waals surface area contributed by atoms with Crippen LogP contribution in [0.25, 0.3) is 22.2 Å². The number of carbonyl (C=O) groups is 1. The molecule has 3 heterocycles. The number of hydrogen-bond donors (Lipinski definition) is 0. The molecule has 0 fully saturated rings. The standard InChI is InChI=1S/C20H18N4O3/c1-11-5-6-12(2)16(9-11)23-8-7-15-14(19(23)25)10-21-18-17(20(26)27-4)13(3)22-24(15)18/h5-10H,1-4H3. The summed E-state index contributed by atoms with van der Waals surface area (Å²) in [4.78, 5) is 29.5. The zero-order chi connectivity index (χ0) is 19.3. The van der Waals surface area contributed by atoms with E-state index in [4.69, 9.17) is 4.74 Å². The Hall–Kier alpha value is -3.48. The predicted octanol–water partition coefficient (Wildman–Crippen LogP) is 2.75. The normalized spacial score (nSPS) is 11.3. The molecule has 4 rings (SSSR count). The van der Waals surface area contributed by atoms with Crippen molar-refractivity contribution in [2.45, 2.75) is 20.8 Å². The van der Waals surface area contributed by atoms with Crippen LogP contribution in [0.3, 0.4) is 0 Å². The Balaban J connectivity index is 2.03.